The molecule has 5 N–H and O–H groups in total. The highest BCUT2D eigenvalue weighted by molar-refractivity contribution is 6.04. The molecule has 2 aromatic heterocycles. The number of hydrogen-bond acceptors (Lipinski definition) is 5. The maximum atomic E-state index is 12.7. The lowest BCUT2D eigenvalue weighted by Crippen LogP contribution is -2.21. The number of rotatable bonds is 4. The molecule has 3 aromatic rings. The summed E-state index contributed by atoms with van der Waals surface area (Å²) < 4.78 is 39.2. The molecule has 11 heteroatoms. The van der Waals surface area contributed by atoms with E-state index in [1.807, 2.05) is 0 Å². The molecule has 8 nitrogen and oxygen atoms in total. The summed E-state index contributed by atoms with van der Waals surface area (Å²) in [6.07, 6.45) is -2.38. The lowest BCUT2D eigenvalue weighted by molar-refractivity contribution is -0.137. The number of aromatic nitrogens is 3. The van der Waals surface area contributed by atoms with E-state index in [1.54, 1.807) is 0 Å². The number of nitrogens with two attached hydrogens (primary N) is 2. The summed E-state index contributed by atoms with van der Waals surface area (Å²) in [4.78, 5) is 31.4. The number of carbonyl (C=O) groups excluding carboxylic acids is 2. The monoisotopic (exact) mass is 390 g/mol. The fourth-order valence-electron chi connectivity index (χ4n) is 2.46. The van der Waals surface area contributed by atoms with Crippen molar-refractivity contribution in [2.24, 2.45) is 5.73 Å². The number of nitrogens with zero attached hydrogens (tertiary/aromatic N) is 3. The van der Waals surface area contributed by atoms with Gasteiger partial charge in [0.25, 0.3) is 11.8 Å². The fourth-order valence-corrected chi connectivity index (χ4v) is 2.46. The van der Waals surface area contributed by atoms with Crippen LogP contribution in [0.4, 0.5) is 19.0 Å². The molecule has 3 rings (SSSR count). The lowest BCUT2D eigenvalue weighted by atomic mass is 10.1. The fraction of sp³-hybridized carbons (Fsp3) is 0.0588. The van der Waals surface area contributed by atoms with Crippen molar-refractivity contribution < 1.29 is 22.8 Å². The first-order valence-electron chi connectivity index (χ1n) is 7.74. The summed E-state index contributed by atoms with van der Waals surface area (Å²) in [5, 5.41) is 2.30. The SMILES string of the molecule is NC(=O)c1c(-c2ccc(C(=O)Nc3cc(C(F)(F)F)ccn3)cc2)ncn1N. The van der Waals surface area contributed by atoms with Gasteiger partial charge in [-0.15, -0.1) is 0 Å². The molecule has 0 aliphatic heterocycles. The molecule has 0 fully saturated rings. The van der Waals surface area contributed by atoms with Gasteiger partial charge in [-0.05, 0) is 24.3 Å². The van der Waals surface area contributed by atoms with Crippen LogP contribution in [-0.2, 0) is 6.18 Å². The van der Waals surface area contributed by atoms with E-state index >= 15 is 0 Å². The van der Waals surface area contributed by atoms with Gasteiger partial charge in [0.15, 0.2) is 5.69 Å². The Hall–Kier alpha value is -3.89. The van der Waals surface area contributed by atoms with Crippen molar-refractivity contribution in [2.75, 3.05) is 11.2 Å². The quantitative estimate of drug-likeness (QED) is 0.587. The molecule has 2 amide bonds. The molecule has 0 unspecified atom stereocenters. The van der Waals surface area contributed by atoms with Crippen LogP contribution < -0.4 is 16.9 Å². The van der Waals surface area contributed by atoms with Crippen LogP contribution in [0.5, 0.6) is 0 Å². The summed E-state index contributed by atoms with van der Waals surface area (Å²) in [5.41, 5.74) is 5.22. The van der Waals surface area contributed by atoms with E-state index < -0.39 is 23.6 Å². The molecule has 0 radical (unpaired) electrons. The molecule has 144 valence electrons. The van der Waals surface area contributed by atoms with E-state index in [0.29, 0.717) is 5.56 Å². The first-order valence-corrected chi connectivity index (χ1v) is 7.74. The minimum absolute atomic E-state index is 0.00892. The molecule has 0 saturated heterocycles. The molecule has 0 saturated carbocycles. The topological polar surface area (TPSA) is 129 Å². The number of imidazole rings is 1. The van der Waals surface area contributed by atoms with Crippen molar-refractivity contribution in [1.82, 2.24) is 14.6 Å². The Bertz CT molecular complexity index is 1040. The number of nitrogens with one attached hydrogen (secondary N) is 1. The van der Waals surface area contributed by atoms with Crippen molar-refractivity contribution in [3.63, 3.8) is 0 Å². The second-order valence-electron chi connectivity index (χ2n) is 5.67. The summed E-state index contributed by atoms with van der Waals surface area (Å²) >= 11 is 0. The summed E-state index contributed by atoms with van der Waals surface area (Å²) in [6, 6.07) is 7.38. The maximum absolute atomic E-state index is 12.7. The Balaban J connectivity index is 1.81. The van der Waals surface area contributed by atoms with Crippen LogP contribution in [0.15, 0.2) is 48.9 Å². The first-order chi connectivity index (χ1) is 13.2. The molecule has 0 atom stereocenters. The highest BCUT2D eigenvalue weighted by Gasteiger charge is 2.30. The van der Waals surface area contributed by atoms with Crippen molar-refractivity contribution in [1.29, 1.82) is 0 Å². The summed E-state index contributed by atoms with van der Waals surface area (Å²) in [6.45, 7) is 0. The Labute approximate surface area is 156 Å². The van der Waals surface area contributed by atoms with Gasteiger partial charge in [-0.2, -0.15) is 13.2 Å². The number of primary amides is 1. The number of alkyl halides is 3. The van der Waals surface area contributed by atoms with E-state index in [4.69, 9.17) is 11.6 Å². The molecule has 28 heavy (non-hydrogen) atoms. The van der Waals surface area contributed by atoms with E-state index in [2.05, 4.69) is 15.3 Å². The summed E-state index contributed by atoms with van der Waals surface area (Å²) in [5.74, 6) is 3.93. The Morgan fingerprint density at radius 1 is 1.07 bits per heavy atom. The zero-order valence-electron chi connectivity index (χ0n) is 14.1. The van der Waals surface area contributed by atoms with Gasteiger partial charge in [0.2, 0.25) is 0 Å². The van der Waals surface area contributed by atoms with E-state index in [9.17, 15) is 22.8 Å². The second-order valence-corrected chi connectivity index (χ2v) is 5.67. The van der Waals surface area contributed by atoms with Crippen LogP contribution in [0.25, 0.3) is 11.3 Å². The highest BCUT2D eigenvalue weighted by atomic mass is 19.4. The van der Waals surface area contributed by atoms with Gasteiger partial charge in [0.1, 0.15) is 17.8 Å². The molecule has 0 aliphatic rings. The highest BCUT2D eigenvalue weighted by Crippen LogP contribution is 2.30. The second kappa shape index (κ2) is 7.02. The molecular weight excluding hydrogens is 377 g/mol. The van der Waals surface area contributed by atoms with Crippen LogP contribution in [0.1, 0.15) is 26.4 Å². The maximum Gasteiger partial charge on any atom is 0.416 e. The van der Waals surface area contributed by atoms with Crippen LogP contribution in [-0.4, -0.2) is 26.5 Å². The molecule has 0 bridgehead atoms. The third kappa shape index (κ3) is 3.77. The van der Waals surface area contributed by atoms with Gasteiger partial charge < -0.3 is 16.9 Å². The molecule has 0 spiro atoms. The van der Waals surface area contributed by atoms with Gasteiger partial charge in [0.05, 0.1) is 5.56 Å². The molecule has 2 heterocycles. The minimum Gasteiger partial charge on any atom is -0.364 e. The first kappa shape index (κ1) is 18.9. The Morgan fingerprint density at radius 3 is 2.36 bits per heavy atom. The van der Waals surface area contributed by atoms with Crippen molar-refractivity contribution in [3.05, 3.63) is 65.7 Å². The average molecular weight is 390 g/mol. The van der Waals surface area contributed by atoms with Gasteiger partial charge >= 0.3 is 6.18 Å². The number of benzene rings is 1. The van der Waals surface area contributed by atoms with Gasteiger partial charge in [-0.3, -0.25) is 9.59 Å². The molecular formula is C17H13F3N6O2. The minimum atomic E-state index is -4.55. The number of nitrogen functional groups attached to an aromatic ring is 1. The number of pyridine rings is 1. The number of hydrogen-bond donors (Lipinski definition) is 3. The predicted octanol–water partition coefficient (Wildman–Crippen LogP) is 2.03. The Kier molecular flexibility index (Phi) is 4.74. The van der Waals surface area contributed by atoms with Crippen molar-refractivity contribution >= 4 is 17.6 Å². The number of amides is 2. The van der Waals surface area contributed by atoms with E-state index in [-0.39, 0.29) is 22.8 Å². The number of anilines is 1. The zero-order chi connectivity index (χ0) is 20.5. The smallest absolute Gasteiger partial charge is 0.364 e. The van der Waals surface area contributed by atoms with E-state index in [0.717, 1.165) is 23.0 Å². The molecule has 0 aliphatic carbocycles. The van der Waals surface area contributed by atoms with Crippen molar-refractivity contribution in [3.8, 4) is 11.3 Å². The van der Waals surface area contributed by atoms with Gasteiger partial charge in [0, 0.05) is 17.3 Å². The largest absolute Gasteiger partial charge is 0.416 e. The Morgan fingerprint density at radius 2 is 1.75 bits per heavy atom. The standard InChI is InChI=1S/C17H13F3N6O2/c18-17(19,20)11-5-6-23-12(7-11)25-16(28)10-3-1-9(2-4-10)13-14(15(21)27)26(22)8-24-13/h1-8H,22H2,(H2,21,27)(H,23,25,28). The van der Waals surface area contributed by atoms with E-state index in [1.165, 1.54) is 30.6 Å². The van der Waals surface area contributed by atoms with Crippen LogP contribution in [0.2, 0.25) is 0 Å². The zero-order valence-corrected chi connectivity index (χ0v) is 14.1. The number of halogens is 3. The third-order valence-corrected chi connectivity index (χ3v) is 3.78. The van der Waals surface area contributed by atoms with Crippen LogP contribution in [0.3, 0.4) is 0 Å². The van der Waals surface area contributed by atoms with Crippen LogP contribution in [0, 0.1) is 0 Å². The average Bonchev–Trinajstić information content (AvgIpc) is 3.03. The lowest BCUT2D eigenvalue weighted by Gasteiger charge is -2.09. The molecule has 1 aromatic carbocycles. The summed E-state index contributed by atoms with van der Waals surface area (Å²) in [7, 11) is 0. The van der Waals surface area contributed by atoms with Gasteiger partial charge in [-0.25, -0.2) is 14.6 Å². The normalized spacial score (nSPS) is 11.2. The predicted molar refractivity (Wildman–Crippen MR) is 93.5 cm³/mol. The van der Waals surface area contributed by atoms with Crippen LogP contribution >= 0.6 is 0 Å². The van der Waals surface area contributed by atoms with Gasteiger partial charge in [-0.1, -0.05) is 12.1 Å². The van der Waals surface area contributed by atoms with Crippen molar-refractivity contribution in [2.45, 2.75) is 6.18 Å². The number of carbonyl (C=O) groups is 2. The third-order valence-electron chi connectivity index (χ3n) is 3.78.